The molecule has 0 atom stereocenters. The normalized spacial score (nSPS) is 12.1. The van der Waals surface area contributed by atoms with Crippen LogP contribution in [0.5, 0.6) is 0 Å². The van der Waals surface area contributed by atoms with Gasteiger partial charge in [-0.15, -0.1) is 0 Å². The predicted molar refractivity (Wildman–Crippen MR) is 109 cm³/mol. The van der Waals surface area contributed by atoms with Crippen molar-refractivity contribution >= 4 is 50.4 Å². The molecule has 0 saturated heterocycles. The molecule has 0 amide bonds. The molecule has 0 unspecified atom stereocenters. The Labute approximate surface area is 173 Å². The third-order valence-electron chi connectivity index (χ3n) is 3.73. The Morgan fingerprint density at radius 3 is 2.00 bits per heavy atom. The van der Waals surface area contributed by atoms with Gasteiger partial charge in [0.05, 0.1) is 16.1 Å². The molecule has 6 bridgehead atoms. The van der Waals surface area contributed by atoms with Gasteiger partial charge in [-0.2, -0.15) is 13.2 Å². The van der Waals surface area contributed by atoms with Crippen molar-refractivity contribution in [1.29, 1.82) is 0 Å². The Morgan fingerprint density at radius 1 is 0.933 bits per heavy atom. The van der Waals surface area contributed by atoms with Crippen molar-refractivity contribution < 1.29 is 23.1 Å². The van der Waals surface area contributed by atoms with Crippen LogP contribution in [0.4, 0.5) is 19.1 Å². The van der Waals surface area contributed by atoms with E-state index in [2.05, 4.69) is 32.4 Å². The van der Waals surface area contributed by atoms with Gasteiger partial charge in [-0.1, -0.05) is 48.0 Å². The number of hydrogen-bond donors (Lipinski definition) is 3. The highest BCUT2D eigenvalue weighted by Crippen LogP contribution is 2.19. The largest absolute Gasteiger partial charge is 0.490 e. The van der Waals surface area contributed by atoms with Crippen molar-refractivity contribution in [3.63, 3.8) is 0 Å². The van der Waals surface area contributed by atoms with E-state index in [0.29, 0.717) is 16.8 Å². The molecule has 6 nitrogen and oxygen atoms in total. The minimum absolute atomic E-state index is 0.508. The van der Waals surface area contributed by atoms with Gasteiger partial charge in [0.25, 0.3) is 0 Å². The number of benzene rings is 2. The van der Waals surface area contributed by atoms with E-state index in [-0.39, 0.29) is 0 Å². The summed E-state index contributed by atoms with van der Waals surface area (Å²) in [6, 6.07) is 20.1. The summed E-state index contributed by atoms with van der Waals surface area (Å²) < 4.78 is 31.7. The number of carboxylic acids is 1. The summed E-state index contributed by atoms with van der Waals surface area (Å²) in [5, 5.41) is 12.8. The van der Waals surface area contributed by atoms with Crippen LogP contribution in [0.3, 0.4) is 0 Å². The summed E-state index contributed by atoms with van der Waals surface area (Å²) in [7, 11) is 0. The van der Waals surface area contributed by atoms with Gasteiger partial charge in [0.1, 0.15) is 0 Å². The van der Waals surface area contributed by atoms with Crippen molar-refractivity contribution in [3.8, 4) is 0 Å². The van der Waals surface area contributed by atoms with Crippen LogP contribution in [-0.2, 0) is 4.79 Å². The lowest BCUT2D eigenvalue weighted by molar-refractivity contribution is -0.192. The van der Waals surface area contributed by atoms with E-state index in [1.54, 1.807) is 6.20 Å². The van der Waals surface area contributed by atoms with Crippen LogP contribution < -0.4 is 5.32 Å². The van der Waals surface area contributed by atoms with Gasteiger partial charge in [0, 0.05) is 6.20 Å². The first-order valence-corrected chi connectivity index (χ1v) is 8.84. The first kappa shape index (κ1) is 21.1. The fraction of sp³-hybridized carbons (Fsp3) is 0.0500. The first-order chi connectivity index (χ1) is 14.2. The van der Waals surface area contributed by atoms with Crippen LogP contribution in [0.25, 0.3) is 26.8 Å². The van der Waals surface area contributed by atoms with E-state index in [0.717, 1.165) is 21.8 Å². The number of aliphatic carboxylic acids is 1. The standard InChI is InChI=1S/C18H13ClN4.C2HF3O2/c19-16-11-20-18-22-15-6-2-4-13(10-15)8-7-12-3-1-5-14(9-12)21-17(16)23-18;3-2(4,5)1(6)7/h1-11H,(H2,20,21,22,23);(H,6,7). The zero-order chi connectivity index (χ0) is 21.7. The fourth-order valence-corrected chi connectivity index (χ4v) is 2.54. The molecule has 10 heteroatoms. The topological polar surface area (TPSA) is 90.9 Å². The van der Waals surface area contributed by atoms with Crippen molar-refractivity contribution in [2.45, 2.75) is 6.18 Å². The molecule has 4 rings (SSSR count). The van der Waals surface area contributed by atoms with E-state index < -0.39 is 12.1 Å². The number of carbonyl (C=O) groups is 1. The number of nitrogens with zero attached hydrogens (tertiary/aromatic N) is 2. The average molecular weight is 435 g/mol. The summed E-state index contributed by atoms with van der Waals surface area (Å²) in [4.78, 5) is 21.2. The smallest absolute Gasteiger partial charge is 0.475 e. The summed E-state index contributed by atoms with van der Waals surface area (Å²) in [5.41, 5.74) is 1.67. The Bertz CT molecular complexity index is 1220. The molecule has 3 N–H and O–H groups in total. The number of aromatic nitrogens is 3. The third kappa shape index (κ3) is 5.71. The second-order valence-corrected chi connectivity index (χ2v) is 6.42. The minimum Gasteiger partial charge on any atom is -0.475 e. The lowest BCUT2D eigenvalue weighted by atomic mass is 10.2. The molecular weight excluding hydrogens is 421 g/mol. The van der Waals surface area contributed by atoms with E-state index >= 15 is 0 Å². The van der Waals surface area contributed by atoms with Crippen molar-refractivity contribution in [1.82, 2.24) is 15.0 Å². The molecule has 0 radical (unpaired) electrons. The summed E-state index contributed by atoms with van der Waals surface area (Å²) in [5.74, 6) is -1.60. The molecule has 0 spiro atoms. The number of fused-ring (bicyclic) bond motifs is 6. The fourth-order valence-electron chi connectivity index (χ4n) is 2.40. The number of alkyl halides is 3. The number of halogens is 4. The molecule has 1 aliphatic rings. The van der Waals surface area contributed by atoms with Gasteiger partial charge in [-0.05, 0) is 35.0 Å². The van der Waals surface area contributed by atoms with Crippen LogP contribution in [0.15, 0.2) is 66.9 Å². The lowest BCUT2D eigenvalue weighted by Crippen LogP contribution is -2.21. The van der Waals surface area contributed by atoms with Crippen molar-refractivity contribution in [2.75, 3.05) is 5.32 Å². The number of hydrogen-bond acceptors (Lipinski definition) is 4. The van der Waals surface area contributed by atoms with Crippen molar-refractivity contribution in [2.24, 2.45) is 0 Å². The van der Waals surface area contributed by atoms with Crippen LogP contribution in [0.1, 0.15) is 5.82 Å². The Kier molecular flexibility index (Phi) is 6.22. The monoisotopic (exact) mass is 434 g/mol. The highest BCUT2D eigenvalue weighted by molar-refractivity contribution is 6.48. The van der Waals surface area contributed by atoms with E-state index in [1.807, 2.05) is 48.5 Å². The van der Waals surface area contributed by atoms with E-state index in [1.165, 1.54) is 0 Å². The highest BCUT2D eigenvalue weighted by atomic mass is 35.5. The minimum atomic E-state index is -5.08. The number of H-pyrrole nitrogens is 1. The zero-order valence-electron chi connectivity index (χ0n) is 15.1. The van der Waals surface area contributed by atoms with Crippen LogP contribution in [0.2, 0.25) is 0 Å². The highest BCUT2D eigenvalue weighted by Gasteiger charge is 2.38. The van der Waals surface area contributed by atoms with Gasteiger partial charge >= 0.3 is 12.1 Å². The van der Waals surface area contributed by atoms with Gasteiger partial charge in [0.15, 0.2) is 5.82 Å². The molecule has 2 heterocycles. The SMILES string of the molecule is ClC1=CNc2nc3cccc(ccc4cccc(c4)nc1[nH]2)c3.O=C(O)C(F)(F)F. The second-order valence-electron chi connectivity index (χ2n) is 6.01. The zero-order valence-corrected chi connectivity index (χ0v) is 15.9. The molecule has 154 valence electrons. The van der Waals surface area contributed by atoms with Crippen LogP contribution in [0, 0.1) is 0 Å². The molecular formula is C20H14ClF3N4O2. The van der Waals surface area contributed by atoms with Gasteiger partial charge in [0.2, 0.25) is 5.95 Å². The average Bonchev–Trinajstić information content (AvgIpc) is 2.69. The lowest BCUT2D eigenvalue weighted by Gasteiger charge is -2.07. The van der Waals surface area contributed by atoms with Gasteiger partial charge < -0.3 is 15.4 Å². The summed E-state index contributed by atoms with van der Waals surface area (Å²) >= 11 is 6.22. The molecule has 1 aliphatic heterocycles. The second kappa shape index (κ2) is 8.83. The quantitative estimate of drug-likeness (QED) is 0.441. The molecule has 3 aromatic rings. The molecule has 0 aliphatic carbocycles. The molecule has 30 heavy (non-hydrogen) atoms. The van der Waals surface area contributed by atoms with E-state index in [4.69, 9.17) is 21.5 Å². The third-order valence-corrected chi connectivity index (χ3v) is 4.02. The first-order valence-electron chi connectivity index (χ1n) is 8.46. The van der Waals surface area contributed by atoms with Crippen molar-refractivity contribution in [3.05, 3.63) is 72.7 Å². The number of anilines is 1. The predicted octanol–water partition coefficient (Wildman–Crippen LogP) is 5.39. The van der Waals surface area contributed by atoms with Crippen LogP contribution >= 0.6 is 11.6 Å². The number of nitrogens with one attached hydrogen (secondary N) is 2. The molecule has 0 saturated carbocycles. The Balaban J connectivity index is 0.000000318. The van der Waals surface area contributed by atoms with Gasteiger partial charge in [-0.25, -0.2) is 14.8 Å². The number of aromatic amines is 1. The summed E-state index contributed by atoms with van der Waals surface area (Å²) in [6.45, 7) is 0. The maximum atomic E-state index is 10.6. The van der Waals surface area contributed by atoms with Gasteiger partial charge in [-0.3, -0.25) is 0 Å². The molecule has 0 fully saturated rings. The van der Waals surface area contributed by atoms with E-state index in [9.17, 15) is 13.2 Å². The molecule has 2 aromatic carbocycles. The maximum absolute atomic E-state index is 10.6. The number of rotatable bonds is 0. The molecule has 1 aromatic heterocycles. The maximum Gasteiger partial charge on any atom is 0.490 e. The summed E-state index contributed by atoms with van der Waals surface area (Å²) in [6.07, 6.45) is -3.40. The Morgan fingerprint density at radius 2 is 1.47 bits per heavy atom. The number of carboxylic acid groups (broad SMARTS) is 1. The Hall–Kier alpha value is -3.59. The van der Waals surface area contributed by atoms with Crippen LogP contribution in [-0.4, -0.2) is 32.2 Å².